The Morgan fingerprint density at radius 3 is 2.52 bits per heavy atom. The Labute approximate surface area is 192 Å². The molecule has 1 fully saturated rings. The highest BCUT2D eigenvalue weighted by Gasteiger charge is 2.48. The summed E-state index contributed by atoms with van der Waals surface area (Å²) in [6.07, 6.45) is 1.67. The molecule has 0 bridgehead atoms. The predicted octanol–water partition coefficient (Wildman–Crippen LogP) is 4.16. The lowest BCUT2D eigenvalue weighted by atomic mass is 9.73. The molecule has 0 spiro atoms. The number of piperidine rings is 1. The smallest absolute Gasteiger partial charge is 0.243 e. The summed E-state index contributed by atoms with van der Waals surface area (Å²) >= 11 is 1.35. The fraction of sp³-hybridized carbons (Fsp3) is 0.364. The number of hydrogen-bond donors (Lipinski definition) is 2. The van der Waals surface area contributed by atoms with E-state index >= 15 is 0 Å². The number of nitrogens with zero attached hydrogens (tertiary/aromatic N) is 5. The van der Waals surface area contributed by atoms with Gasteiger partial charge in [0, 0.05) is 30.4 Å². The number of benzene rings is 1. The quantitative estimate of drug-likeness (QED) is 0.434. The van der Waals surface area contributed by atoms with Crippen LogP contribution in [0.4, 0.5) is 19.1 Å². The summed E-state index contributed by atoms with van der Waals surface area (Å²) in [6, 6.07) is 5.36. The van der Waals surface area contributed by atoms with E-state index in [1.807, 2.05) is 6.92 Å². The van der Waals surface area contributed by atoms with Gasteiger partial charge in [-0.25, -0.2) is 22.7 Å². The first-order chi connectivity index (χ1) is 15.8. The maximum Gasteiger partial charge on any atom is 0.243 e. The topological polar surface area (TPSA) is 80.0 Å². The minimum Gasteiger partial charge on any atom is -0.340 e. The molecular formula is C22H22F3N7S. The SMILES string of the molecule is Cc1nsc(C2(Nc3nc4c(-c5ccc(F)c(F)c5F)cccn4n3)[C@H](C)CNC[C@@H]2C)n1. The van der Waals surface area contributed by atoms with Crippen molar-refractivity contribution in [1.29, 1.82) is 0 Å². The van der Waals surface area contributed by atoms with Crippen LogP contribution in [0.5, 0.6) is 0 Å². The number of hydrogen-bond acceptors (Lipinski definition) is 7. The highest BCUT2D eigenvalue weighted by Crippen LogP contribution is 2.42. The number of nitrogens with one attached hydrogen (secondary N) is 2. The molecule has 0 radical (unpaired) electrons. The van der Waals surface area contributed by atoms with Gasteiger partial charge in [0.2, 0.25) is 5.95 Å². The highest BCUT2D eigenvalue weighted by molar-refractivity contribution is 7.05. The van der Waals surface area contributed by atoms with E-state index in [1.165, 1.54) is 22.1 Å². The van der Waals surface area contributed by atoms with Crippen LogP contribution in [0.3, 0.4) is 0 Å². The number of rotatable bonds is 4. The maximum absolute atomic E-state index is 14.5. The van der Waals surface area contributed by atoms with Crippen molar-refractivity contribution in [2.45, 2.75) is 26.3 Å². The Kier molecular flexibility index (Phi) is 5.32. The molecule has 2 N–H and O–H groups in total. The zero-order chi connectivity index (χ0) is 23.3. The Bertz CT molecular complexity index is 1330. The van der Waals surface area contributed by atoms with Crippen LogP contribution in [0.15, 0.2) is 30.5 Å². The summed E-state index contributed by atoms with van der Waals surface area (Å²) in [5.74, 6) is -2.70. The third-order valence-corrected chi connectivity index (χ3v) is 7.30. The van der Waals surface area contributed by atoms with Crippen molar-refractivity contribution >= 4 is 23.1 Å². The predicted molar refractivity (Wildman–Crippen MR) is 119 cm³/mol. The van der Waals surface area contributed by atoms with Gasteiger partial charge in [-0.15, -0.1) is 5.10 Å². The van der Waals surface area contributed by atoms with E-state index in [0.717, 1.165) is 24.2 Å². The lowest BCUT2D eigenvalue weighted by molar-refractivity contribution is 0.171. The average molecular weight is 474 g/mol. The number of anilines is 1. The van der Waals surface area contributed by atoms with Crippen LogP contribution in [0.25, 0.3) is 16.8 Å². The molecule has 172 valence electrons. The fourth-order valence-electron chi connectivity index (χ4n) is 4.60. The van der Waals surface area contributed by atoms with E-state index in [0.29, 0.717) is 23.0 Å². The van der Waals surface area contributed by atoms with E-state index in [1.54, 1.807) is 18.3 Å². The molecule has 1 aliphatic rings. The summed E-state index contributed by atoms with van der Waals surface area (Å²) in [5.41, 5.74) is -0.0175. The van der Waals surface area contributed by atoms with Gasteiger partial charge in [0.25, 0.3) is 0 Å². The van der Waals surface area contributed by atoms with Crippen molar-refractivity contribution in [3.8, 4) is 11.1 Å². The van der Waals surface area contributed by atoms with Crippen molar-refractivity contribution in [3.05, 3.63) is 58.7 Å². The molecule has 1 aromatic carbocycles. The first-order valence-electron chi connectivity index (χ1n) is 10.6. The van der Waals surface area contributed by atoms with Crippen LogP contribution in [-0.4, -0.2) is 37.0 Å². The summed E-state index contributed by atoms with van der Waals surface area (Å²) in [7, 11) is 0. The Morgan fingerprint density at radius 1 is 1.06 bits per heavy atom. The normalized spacial score (nSPS) is 23.2. The number of halogens is 3. The molecule has 7 nitrogen and oxygen atoms in total. The van der Waals surface area contributed by atoms with Gasteiger partial charge in [0.05, 0.1) is 0 Å². The second-order valence-electron chi connectivity index (χ2n) is 8.45. The summed E-state index contributed by atoms with van der Waals surface area (Å²) in [4.78, 5) is 9.30. The first kappa shape index (κ1) is 21.8. The van der Waals surface area contributed by atoms with Gasteiger partial charge in [-0.05, 0) is 54.6 Å². The second kappa shape index (κ2) is 8.07. The van der Waals surface area contributed by atoms with Gasteiger partial charge in [0.15, 0.2) is 23.1 Å². The van der Waals surface area contributed by atoms with Crippen molar-refractivity contribution in [3.63, 3.8) is 0 Å². The van der Waals surface area contributed by atoms with E-state index in [9.17, 15) is 13.2 Å². The fourth-order valence-corrected chi connectivity index (χ4v) is 5.64. The number of aryl methyl sites for hydroxylation is 1. The van der Waals surface area contributed by atoms with Gasteiger partial charge in [-0.3, -0.25) is 0 Å². The molecule has 1 saturated heterocycles. The summed E-state index contributed by atoms with van der Waals surface area (Å²) in [6.45, 7) is 7.66. The lowest BCUT2D eigenvalue weighted by Crippen LogP contribution is -2.57. The molecule has 5 rings (SSSR count). The van der Waals surface area contributed by atoms with Crippen LogP contribution < -0.4 is 10.6 Å². The van der Waals surface area contributed by atoms with Crippen molar-refractivity contribution < 1.29 is 13.2 Å². The summed E-state index contributed by atoms with van der Waals surface area (Å²) in [5, 5.41) is 12.4. The van der Waals surface area contributed by atoms with Crippen molar-refractivity contribution in [2.24, 2.45) is 11.8 Å². The average Bonchev–Trinajstić information content (AvgIpc) is 3.41. The van der Waals surface area contributed by atoms with Crippen molar-refractivity contribution in [1.82, 2.24) is 29.3 Å². The molecule has 0 saturated carbocycles. The third-order valence-electron chi connectivity index (χ3n) is 6.34. The minimum atomic E-state index is -1.52. The molecule has 0 amide bonds. The van der Waals surface area contributed by atoms with E-state index in [4.69, 9.17) is 0 Å². The Balaban J connectivity index is 1.62. The molecule has 1 unspecified atom stereocenters. The van der Waals surface area contributed by atoms with E-state index in [2.05, 4.69) is 43.9 Å². The molecule has 3 atom stereocenters. The van der Waals surface area contributed by atoms with Crippen LogP contribution in [0, 0.1) is 36.2 Å². The summed E-state index contributed by atoms with van der Waals surface area (Å²) < 4.78 is 47.8. The Hall–Kier alpha value is -3.05. The van der Waals surface area contributed by atoms with Crippen LogP contribution >= 0.6 is 11.5 Å². The standard InChI is InChI=1S/C22H22F3N7S/c1-11-9-26-10-12(2)22(11,20-27-13(3)31-33-20)29-21-28-19-15(5-4-8-32(19)30-21)14-6-7-16(23)18(25)17(14)24/h4-8,11-12,26H,9-10H2,1-3H3,(H,29,30)/t11-,12+,22?. The van der Waals surface area contributed by atoms with Gasteiger partial charge < -0.3 is 10.6 Å². The van der Waals surface area contributed by atoms with Crippen LogP contribution in [0.2, 0.25) is 0 Å². The third kappa shape index (κ3) is 3.46. The molecular weight excluding hydrogens is 451 g/mol. The molecule has 1 aliphatic heterocycles. The van der Waals surface area contributed by atoms with Crippen LogP contribution in [-0.2, 0) is 5.54 Å². The molecule has 4 aromatic rings. The number of aromatic nitrogens is 5. The number of fused-ring (bicyclic) bond motifs is 1. The minimum absolute atomic E-state index is 0.0866. The molecule has 4 heterocycles. The highest BCUT2D eigenvalue weighted by atomic mass is 32.1. The lowest BCUT2D eigenvalue weighted by Gasteiger charge is -2.46. The molecule has 33 heavy (non-hydrogen) atoms. The molecule has 3 aromatic heterocycles. The van der Waals surface area contributed by atoms with Gasteiger partial charge >= 0.3 is 0 Å². The zero-order valence-corrected chi connectivity index (χ0v) is 19.1. The first-order valence-corrected chi connectivity index (χ1v) is 11.4. The van der Waals surface area contributed by atoms with Gasteiger partial charge in [-0.2, -0.15) is 9.36 Å². The van der Waals surface area contributed by atoms with Gasteiger partial charge in [0.1, 0.15) is 16.4 Å². The zero-order valence-electron chi connectivity index (χ0n) is 18.2. The maximum atomic E-state index is 14.5. The Morgan fingerprint density at radius 2 is 1.82 bits per heavy atom. The largest absolute Gasteiger partial charge is 0.340 e. The molecule has 11 heteroatoms. The van der Waals surface area contributed by atoms with Crippen molar-refractivity contribution in [2.75, 3.05) is 18.4 Å². The number of pyridine rings is 1. The second-order valence-corrected chi connectivity index (χ2v) is 9.20. The van der Waals surface area contributed by atoms with E-state index < -0.39 is 23.0 Å². The van der Waals surface area contributed by atoms with Gasteiger partial charge in [-0.1, -0.05) is 13.8 Å². The monoisotopic (exact) mass is 473 g/mol. The van der Waals surface area contributed by atoms with E-state index in [-0.39, 0.29) is 17.4 Å². The van der Waals surface area contributed by atoms with Crippen LogP contribution in [0.1, 0.15) is 24.7 Å². The molecule has 0 aliphatic carbocycles.